The second-order valence-corrected chi connectivity index (χ2v) is 6.12. The Hall–Kier alpha value is -1.64. The lowest BCUT2D eigenvalue weighted by atomic mass is 10.3. The molecule has 0 aliphatic carbocycles. The molecule has 0 aromatic heterocycles. The number of sulfonamides is 1. The second-order valence-electron chi connectivity index (χ2n) is 4.35. The van der Waals surface area contributed by atoms with Crippen molar-refractivity contribution in [2.75, 3.05) is 33.8 Å². The maximum Gasteiger partial charge on any atom is 0.341 e. The zero-order valence-electron chi connectivity index (χ0n) is 11.4. The van der Waals surface area contributed by atoms with Crippen LogP contribution in [-0.4, -0.2) is 58.2 Å². The van der Waals surface area contributed by atoms with Crippen LogP contribution >= 0.6 is 0 Å². The van der Waals surface area contributed by atoms with Crippen LogP contribution in [-0.2, 0) is 14.8 Å². The average Bonchev–Trinajstić information content (AvgIpc) is 2.36. The molecule has 1 aromatic carbocycles. The van der Waals surface area contributed by atoms with E-state index in [4.69, 9.17) is 9.84 Å². The fourth-order valence-electron chi connectivity index (χ4n) is 1.35. The van der Waals surface area contributed by atoms with Gasteiger partial charge in [-0.15, -0.1) is 0 Å². The Morgan fingerprint density at radius 1 is 1.30 bits per heavy atom. The number of hydrogen-bond acceptors (Lipinski definition) is 5. The highest BCUT2D eigenvalue weighted by atomic mass is 32.2. The van der Waals surface area contributed by atoms with Crippen LogP contribution in [0.2, 0.25) is 0 Å². The molecule has 0 radical (unpaired) electrons. The Bertz CT molecular complexity index is 539. The fourth-order valence-corrected chi connectivity index (χ4v) is 2.37. The van der Waals surface area contributed by atoms with E-state index in [0.717, 1.165) is 0 Å². The summed E-state index contributed by atoms with van der Waals surface area (Å²) in [6.07, 6.45) is 0. The fraction of sp³-hybridized carbons (Fsp3) is 0.417. The molecule has 0 spiro atoms. The SMILES string of the molecule is CN(C)CCNS(=O)(=O)c1ccc(OCC(=O)O)cc1. The third kappa shape index (κ3) is 5.55. The Morgan fingerprint density at radius 3 is 2.40 bits per heavy atom. The summed E-state index contributed by atoms with van der Waals surface area (Å²) in [5.74, 6) is -0.785. The minimum atomic E-state index is -3.55. The molecule has 0 amide bonds. The molecule has 0 aliphatic heterocycles. The van der Waals surface area contributed by atoms with Gasteiger partial charge in [0.15, 0.2) is 6.61 Å². The summed E-state index contributed by atoms with van der Waals surface area (Å²) >= 11 is 0. The summed E-state index contributed by atoms with van der Waals surface area (Å²) < 4.78 is 31.3. The van der Waals surface area contributed by atoms with Gasteiger partial charge in [-0.3, -0.25) is 0 Å². The van der Waals surface area contributed by atoms with E-state index in [9.17, 15) is 13.2 Å². The average molecular weight is 302 g/mol. The maximum absolute atomic E-state index is 11.9. The third-order valence-corrected chi connectivity index (χ3v) is 3.82. The number of carboxylic acids is 1. The lowest BCUT2D eigenvalue weighted by Crippen LogP contribution is -2.31. The predicted molar refractivity (Wildman–Crippen MR) is 73.3 cm³/mol. The van der Waals surface area contributed by atoms with Crippen molar-refractivity contribution in [1.29, 1.82) is 0 Å². The lowest BCUT2D eigenvalue weighted by molar-refractivity contribution is -0.139. The molecule has 1 rings (SSSR count). The summed E-state index contributed by atoms with van der Waals surface area (Å²) in [5.41, 5.74) is 0. The topological polar surface area (TPSA) is 95.9 Å². The predicted octanol–water partition coefficient (Wildman–Crippen LogP) is -0.0101. The van der Waals surface area contributed by atoms with Crippen molar-refractivity contribution >= 4 is 16.0 Å². The van der Waals surface area contributed by atoms with Gasteiger partial charge in [-0.25, -0.2) is 17.9 Å². The van der Waals surface area contributed by atoms with Crippen molar-refractivity contribution < 1.29 is 23.1 Å². The molecule has 0 saturated carbocycles. The highest BCUT2D eigenvalue weighted by molar-refractivity contribution is 7.89. The number of likely N-dealkylation sites (N-methyl/N-ethyl adjacent to an activating group) is 1. The third-order valence-electron chi connectivity index (χ3n) is 2.35. The molecule has 0 fully saturated rings. The molecule has 8 heteroatoms. The van der Waals surface area contributed by atoms with Crippen LogP contribution in [0.1, 0.15) is 0 Å². The monoisotopic (exact) mass is 302 g/mol. The second kappa shape index (κ2) is 7.22. The van der Waals surface area contributed by atoms with E-state index < -0.39 is 22.6 Å². The van der Waals surface area contributed by atoms with Gasteiger partial charge < -0.3 is 14.7 Å². The lowest BCUT2D eigenvalue weighted by Gasteiger charge is -2.11. The number of nitrogens with one attached hydrogen (secondary N) is 1. The first-order valence-electron chi connectivity index (χ1n) is 5.90. The van der Waals surface area contributed by atoms with Gasteiger partial charge in [0.2, 0.25) is 10.0 Å². The number of ether oxygens (including phenoxy) is 1. The largest absolute Gasteiger partial charge is 0.482 e. The van der Waals surface area contributed by atoms with E-state index in [2.05, 4.69) is 4.72 Å². The highest BCUT2D eigenvalue weighted by Crippen LogP contribution is 2.15. The first-order valence-corrected chi connectivity index (χ1v) is 7.38. The smallest absolute Gasteiger partial charge is 0.341 e. The molecule has 112 valence electrons. The quantitative estimate of drug-likeness (QED) is 0.701. The summed E-state index contributed by atoms with van der Waals surface area (Å²) in [5, 5.41) is 8.47. The number of carbonyl (C=O) groups is 1. The number of aliphatic carboxylic acids is 1. The zero-order chi connectivity index (χ0) is 15.2. The van der Waals surface area contributed by atoms with E-state index in [-0.39, 0.29) is 4.90 Å². The number of benzene rings is 1. The normalized spacial score (nSPS) is 11.6. The van der Waals surface area contributed by atoms with Gasteiger partial charge in [-0.2, -0.15) is 0 Å². The first-order chi connectivity index (χ1) is 9.31. The van der Waals surface area contributed by atoms with Crippen LogP contribution in [0.25, 0.3) is 0 Å². The van der Waals surface area contributed by atoms with Gasteiger partial charge in [-0.05, 0) is 38.4 Å². The molecule has 0 bridgehead atoms. The van der Waals surface area contributed by atoms with Crippen molar-refractivity contribution in [3.05, 3.63) is 24.3 Å². The van der Waals surface area contributed by atoms with Crippen LogP contribution < -0.4 is 9.46 Å². The van der Waals surface area contributed by atoms with Crippen LogP contribution in [0.5, 0.6) is 5.75 Å². The number of carboxylic acid groups (broad SMARTS) is 1. The Morgan fingerprint density at radius 2 is 1.90 bits per heavy atom. The van der Waals surface area contributed by atoms with Gasteiger partial charge >= 0.3 is 5.97 Å². The van der Waals surface area contributed by atoms with Crippen LogP contribution in [0.3, 0.4) is 0 Å². The van der Waals surface area contributed by atoms with Crippen molar-refractivity contribution in [3.63, 3.8) is 0 Å². The standard InChI is InChI=1S/C12H18N2O5S/c1-14(2)8-7-13-20(17,18)11-5-3-10(4-6-11)19-9-12(15)16/h3-6,13H,7-9H2,1-2H3,(H,15,16). The molecule has 2 N–H and O–H groups in total. The van der Waals surface area contributed by atoms with Crippen molar-refractivity contribution in [2.45, 2.75) is 4.90 Å². The van der Waals surface area contributed by atoms with Gasteiger partial charge in [0.1, 0.15) is 5.75 Å². The maximum atomic E-state index is 11.9. The zero-order valence-corrected chi connectivity index (χ0v) is 12.2. The number of nitrogens with zero attached hydrogens (tertiary/aromatic N) is 1. The van der Waals surface area contributed by atoms with Crippen molar-refractivity contribution in [1.82, 2.24) is 9.62 Å². The highest BCUT2D eigenvalue weighted by Gasteiger charge is 2.13. The van der Waals surface area contributed by atoms with E-state index >= 15 is 0 Å². The number of hydrogen-bond donors (Lipinski definition) is 2. The number of rotatable bonds is 8. The molecular formula is C12H18N2O5S. The molecule has 0 aliphatic rings. The molecule has 1 aromatic rings. The Labute approximate surface area is 118 Å². The summed E-state index contributed by atoms with van der Waals surface area (Å²) in [7, 11) is 0.148. The van der Waals surface area contributed by atoms with Crippen molar-refractivity contribution in [2.24, 2.45) is 0 Å². The molecule has 20 heavy (non-hydrogen) atoms. The van der Waals surface area contributed by atoms with Crippen LogP contribution in [0.15, 0.2) is 29.2 Å². The van der Waals surface area contributed by atoms with Gasteiger partial charge in [0.05, 0.1) is 4.90 Å². The summed E-state index contributed by atoms with van der Waals surface area (Å²) in [6, 6.07) is 5.58. The minimum Gasteiger partial charge on any atom is -0.482 e. The summed E-state index contributed by atoms with van der Waals surface area (Å²) in [4.78, 5) is 12.3. The Kier molecular flexibility index (Phi) is 5.93. The van der Waals surface area contributed by atoms with Gasteiger partial charge in [0.25, 0.3) is 0 Å². The van der Waals surface area contributed by atoms with Crippen molar-refractivity contribution in [3.8, 4) is 5.75 Å². The molecular weight excluding hydrogens is 284 g/mol. The van der Waals surface area contributed by atoms with Gasteiger partial charge in [-0.1, -0.05) is 0 Å². The summed E-state index contributed by atoms with van der Waals surface area (Å²) in [6.45, 7) is 0.443. The van der Waals surface area contributed by atoms with Crippen LogP contribution in [0.4, 0.5) is 0 Å². The Balaban J connectivity index is 2.64. The van der Waals surface area contributed by atoms with E-state index in [0.29, 0.717) is 18.8 Å². The van der Waals surface area contributed by atoms with E-state index in [1.807, 2.05) is 19.0 Å². The van der Waals surface area contributed by atoms with Gasteiger partial charge in [0, 0.05) is 13.1 Å². The molecule has 0 saturated heterocycles. The first kappa shape index (κ1) is 16.4. The van der Waals surface area contributed by atoms with Crippen LogP contribution in [0, 0.1) is 0 Å². The molecule has 0 unspecified atom stereocenters. The molecule has 7 nitrogen and oxygen atoms in total. The molecule has 0 heterocycles. The molecule has 0 atom stereocenters. The van der Waals surface area contributed by atoms with E-state index in [1.165, 1.54) is 24.3 Å². The van der Waals surface area contributed by atoms with E-state index in [1.54, 1.807) is 0 Å². The minimum absolute atomic E-state index is 0.110.